The highest BCUT2D eigenvalue weighted by atomic mass is 16.5. The molecular weight excluding hydrogens is 400 g/mol. The molecule has 0 spiro atoms. The van der Waals surface area contributed by atoms with Gasteiger partial charge in [-0.3, -0.25) is 0 Å². The van der Waals surface area contributed by atoms with Crippen molar-refractivity contribution in [3.05, 3.63) is 25.3 Å². The van der Waals surface area contributed by atoms with Crippen LogP contribution in [0.3, 0.4) is 0 Å². The van der Waals surface area contributed by atoms with Crippen LogP contribution in [0.1, 0.15) is 0 Å². The molecule has 0 saturated heterocycles. The Morgan fingerprint density at radius 2 is 0.933 bits per heavy atom. The van der Waals surface area contributed by atoms with Gasteiger partial charge in [0.1, 0.15) is 13.2 Å². The van der Waals surface area contributed by atoms with Crippen molar-refractivity contribution < 1.29 is 38.1 Å². The SMILES string of the molecule is C=CC(=O)OCCNC(=O)NCCOC.C=CC(=O)OCCNC(=O)NCCOC. The fourth-order valence-corrected chi connectivity index (χ4v) is 1.41. The summed E-state index contributed by atoms with van der Waals surface area (Å²) in [5.41, 5.74) is 0. The van der Waals surface area contributed by atoms with E-state index in [9.17, 15) is 19.2 Å². The van der Waals surface area contributed by atoms with E-state index in [1.165, 1.54) is 0 Å². The third-order valence-electron chi connectivity index (χ3n) is 2.78. The molecule has 0 fully saturated rings. The molecule has 0 aliphatic heterocycles. The van der Waals surface area contributed by atoms with Gasteiger partial charge in [0.05, 0.1) is 26.3 Å². The second-order valence-electron chi connectivity index (χ2n) is 5.09. The van der Waals surface area contributed by atoms with Crippen LogP contribution in [0.15, 0.2) is 25.3 Å². The average Bonchev–Trinajstić information content (AvgIpc) is 2.74. The standard InChI is InChI=1S/2C9H16N2O4/c2*1-3-8(12)15-7-5-11-9(13)10-4-6-14-2/h2*3H,1,4-7H2,2H3,(H2,10,11,13). The van der Waals surface area contributed by atoms with Crippen molar-refractivity contribution in [2.45, 2.75) is 0 Å². The van der Waals surface area contributed by atoms with Gasteiger partial charge in [-0.05, 0) is 0 Å². The molecule has 0 aromatic rings. The zero-order valence-corrected chi connectivity index (χ0v) is 17.5. The zero-order valence-electron chi connectivity index (χ0n) is 17.5. The molecule has 4 N–H and O–H groups in total. The molecule has 4 amide bonds. The molecule has 0 heterocycles. The normalized spacial score (nSPS) is 9.13. The summed E-state index contributed by atoms with van der Waals surface area (Å²) in [6.45, 7) is 9.05. The predicted molar refractivity (Wildman–Crippen MR) is 109 cm³/mol. The first kappa shape index (κ1) is 29.1. The van der Waals surface area contributed by atoms with Crippen LogP contribution in [-0.4, -0.2) is 90.8 Å². The van der Waals surface area contributed by atoms with E-state index in [0.717, 1.165) is 12.2 Å². The van der Waals surface area contributed by atoms with Gasteiger partial charge in [-0.25, -0.2) is 19.2 Å². The molecule has 0 atom stereocenters. The number of ether oxygens (including phenoxy) is 4. The highest BCUT2D eigenvalue weighted by molar-refractivity contribution is 5.81. The summed E-state index contributed by atoms with van der Waals surface area (Å²) < 4.78 is 18.8. The summed E-state index contributed by atoms with van der Waals surface area (Å²) in [5, 5.41) is 10.1. The first-order valence-electron chi connectivity index (χ1n) is 9.00. The van der Waals surface area contributed by atoms with Crippen LogP contribution < -0.4 is 21.3 Å². The Morgan fingerprint density at radius 3 is 1.20 bits per heavy atom. The molecule has 0 aromatic heterocycles. The van der Waals surface area contributed by atoms with E-state index in [4.69, 9.17) is 9.47 Å². The third-order valence-corrected chi connectivity index (χ3v) is 2.78. The number of rotatable bonds is 14. The Bertz CT molecular complexity index is 482. The summed E-state index contributed by atoms with van der Waals surface area (Å²) in [7, 11) is 3.10. The lowest BCUT2D eigenvalue weighted by Crippen LogP contribution is -2.38. The molecule has 0 aliphatic rings. The lowest BCUT2D eigenvalue weighted by Gasteiger charge is -2.06. The first-order chi connectivity index (χ1) is 14.4. The fourth-order valence-electron chi connectivity index (χ4n) is 1.41. The molecule has 0 saturated carbocycles. The van der Waals surface area contributed by atoms with Crippen LogP contribution >= 0.6 is 0 Å². The summed E-state index contributed by atoms with van der Waals surface area (Å²) in [4.78, 5) is 43.2. The molecule has 172 valence electrons. The number of hydrogen-bond donors (Lipinski definition) is 4. The van der Waals surface area contributed by atoms with E-state index in [-0.39, 0.29) is 38.4 Å². The van der Waals surface area contributed by atoms with Gasteiger partial charge in [0.25, 0.3) is 0 Å². The fraction of sp³-hybridized carbons (Fsp3) is 0.556. The maximum atomic E-state index is 11.0. The van der Waals surface area contributed by atoms with Gasteiger partial charge >= 0.3 is 24.0 Å². The van der Waals surface area contributed by atoms with Crippen molar-refractivity contribution in [2.24, 2.45) is 0 Å². The molecule has 0 aliphatic carbocycles. The summed E-state index contributed by atoms with van der Waals surface area (Å²) in [5.74, 6) is -1.01. The largest absolute Gasteiger partial charge is 0.461 e. The van der Waals surface area contributed by atoms with Crippen LogP contribution in [0.2, 0.25) is 0 Å². The number of urea groups is 2. The van der Waals surface area contributed by atoms with E-state index in [1.54, 1.807) is 14.2 Å². The van der Waals surface area contributed by atoms with Crippen molar-refractivity contribution >= 4 is 24.0 Å². The predicted octanol–water partition coefficient (Wildman–Crippen LogP) is -0.678. The molecule has 12 heteroatoms. The van der Waals surface area contributed by atoms with Crippen LogP contribution in [0.25, 0.3) is 0 Å². The minimum absolute atomic E-state index is 0.128. The summed E-state index contributed by atoms with van der Waals surface area (Å²) in [6.07, 6.45) is 2.14. The second kappa shape index (κ2) is 22.2. The molecular formula is C18H32N4O8. The number of methoxy groups -OCH3 is 2. The van der Waals surface area contributed by atoms with Gasteiger partial charge in [-0.15, -0.1) is 0 Å². The zero-order chi connectivity index (χ0) is 23.0. The summed E-state index contributed by atoms with van der Waals surface area (Å²) in [6, 6.07) is -0.636. The molecule has 0 bridgehead atoms. The van der Waals surface area contributed by atoms with E-state index in [1.807, 2.05) is 0 Å². The highest BCUT2D eigenvalue weighted by Gasteiger charge is 2.00. The highest BCUT2D eigenvalue weighted by Crippen LogP contribution is 1.78. The van der Waals surface area contributed by atoms with Crippen LogP contribution in [0, 0.1) is 0 Å². The summed E-state index contributed by atoms with van der Waals surface area (Å²) >= 11 is 0. The Kier molecular flexibility index (Phi) is 21.5. The second-order valence-corrected chi connectivity index (χ2v) is 5.09. The van der Waals surface area contributed by atoms with Crippen LogP contribution in [-0.2, 0) is 28.5 Å². The number of esters is 2. The number of nitrogens with one attached hydrogen (secondary N) is 4. The van der Waals surface area contributed by atoms with E-state index in [0.29, 0.717) is 26.3 Å². The van der Waals surface area contributed by atoms with Crippen molar-refractivity contribution in [2.75, 3.05) is 66.8 Å². The lowest BCUT2D eigenvalue weighted by molar-refractivity contribution is -0.138. The average molecular weight is 432 g/mol. The molecule has 12 nitrogen and oxygen atoms in total. The lowest BCUT2D eigenvalue weighted by atomic mass is 10.6. The van der Waals surface area contributed by atoms with E-state index in [2.05, 4.69) is 43.9 Å². The van der Waals surface area contributed by atoms with Gasteiger partial charge in [0.2, 0.25) is 0 Å². The molecule has 30 heavy (non-hydrogen) atoms. The van der Waals surface area contributed by atoms with Crippen molar-refractivity contribution in [1.82, 2.24) is 21.3 Å². The number of amides is 4. The van der Waals surface area contributed by atoms with E-state index >= 15 is 0 Å². The van der Waals surface area contributed by atoms with Crippen molar-refractivity contribution in [3.8, 4) is 0 Å². The minimum Gasteiger partial charge on any atom is -0.461 e. The number of carbonyl (C=O) groups is 4. The Labute approximate surface area is 176 Å². The molecule has 0 rings (SSSR count). The van der Waals surface area contributed by atoms with Gasteiger partial charge in [-0.1, -0.05) is 13.2 Å². The minimum atomic E-state index is -0.503. The first-order valence-corrected chi connectivity index (χ1v) is 9.00. The van der Waals surface area contributed by atoms with Crippen molar-refractivity contribution in [1.29, 1.82) is 0 Å². The Hall–Kier alpha value is -3.12. The van der Waals surface area contributed by atoms with Gasteiger partial charge in [0.15, 0.2) is 0 Å². The molecule has 0 aromatic carbocycles. The Balaban J connectivity index is 0. The maximum Gasteiger partial charge on any atom is 0.330 e. The van der Waals surface area contributed by atoms with E-state index < -0.39 is 11.9 Å². The third kappa shape index (κ3) is 22.9. The molecule has 0 radical (unpaired) electrons. The van der Waals surface area contributed by atoms with Crippen molar-refractivity contribution in [3.63, 3.8) is 0 Å². The molecule has 0 unspecified atom stereocenters. The van der Waals surface area contributed by atoms with Gasteiger partial charge < -0.3 is 40.2 Å². The van der Waals surface area contributed by atoms with Gasteiger partial charge in [-0.2, -0.15) is 0 Å². The Morgan fingerprint density at radius 1 is 0.633 bits per heavy atom. The number of carbonyl (C=O) groups excluding carboxylic acids is 4. The smallest absolute Gasteiger partial charge is 0.330 e. The monoisotopic (exact) mass is 432 g/mol. The topological polar surface area (TPSA) is 153 Å². The number of hydrogen-bond acceptors (Lipinski definition) is 8. The van der Waals surface area contributed by atoms with Gasteiger partial charge in [0, 0.05) is 39.5 Å². The quantitative estimate of drug-likeness (QED) is 0.160. The van der Waals surface area contributed by atoms with Crippen LogP contribution in [0.4, 0.5) is 9.59 Å². The van der Waals surface area contributed by atoms with Crippen LogP contribution in [0.5, 0.6) is 0 Å². The maximum absolute atomic E-state index is 11.0.